The van der Waals surface area contributed by atoms with Crippen molar-refractivity contribution < 1.29 is 4.73 Å². The van der Waals surface area contributed by atoms with Gasteiger partial charge in [0.1, 0.15) is 5.69 Å². The lowest BCUT2D eigenvalue weighted by molar-refractivity contribution is -0.591. The molecule has 0 aliphatic carbocycles. The molecular weight excluding hydrogens is 204 g/mol. The molecule has 16 heavy (non-hydrogen) atoms. The molecule has 2 rings (SSSR count). The quantitative estimate of drug-likeness (QED) is 0.360. The van der Waals surface area contributed by atoms with Crippen LogP contribution in [0.4, 0.5) is 17.2 Å². The standard InChI is InChI=1S/C11H10N4O/c12-9-4-6-10(7-5-9)13-14-11-3-1-2-8-15(11)16/h1-8H,12H2. The lowest BCUT2D eigenvalue weighted by atomic mass is 10.3. The van der Waals surface area contributed by atoms with Gasteiger partial charge in [0.05, 0.1) is 11.3 Å². The van der Waals surface area contributed by atoms with Crippen LogP contribution in [0.25, 0.3) is 0 Å². The highest BCUT2D eigenvalue weighted by atomic mass is 16.5. The second-order valence-electron chi connectivity index (χ2n) is 3.18. The van der Waals surface area contributed by atoms with Gasteiger partial charge in [0.15, 0.2) is 0 Å². The molecule has 0 amide bonds. The lowest BCUT2D eigenvalue weighted by Crippen LogP contribution is -2.24. The van der Waals surface area contributed by atoms with Crippen molar-refractivity contribution in [2.24, 2.45) is 10.2 Å². The zero-order chi connectivity index (χ0) is 11.4. The third-order valence-corrected chi connectivity index (χ3v) is 1.96. The van der Waals surface area contributed by atoms with Gasteiger partial charge in [-0.3, -0.25) is 0 Å². The highest BCUT2D eigenvalue weighted by Gasteiger charge is 2.01. The highest BCUT2D eigenvalue weighted by Crippen LogP contribution is 2.16. The maximum Gasteiger partial charge on any atom is 0.353 e. The fraction of sp³-hybridized carbons (Fsp3) is 0. The molecule has 0 saturated heterocycles. The SMILES string of the molecule is Nc1ccc(N=Nc2cccc[n+]2[O-])cc1. The van der Waals surface area contributed by atoms with E-state index in [1.54, 1.807) is 42.5 Å². The Morgan fingerprint density at radius 3 is 2.44 bits per heavy atom. The minimum absolute atomic E-state index is 0.249. The summed E-state index contributed by atoms with van der Waals surface area (Å²) in [5, 5.41) is 19.0. The number of pyridine rings is 1. The largest absolute Gasteiger partial charge is 0.710 e. The van der Waals surface area contributed by atoms with Crippen LogP contribution in [0, 0.1) is 5.21 Å². The van der Waals surface area contributed by atoms with Crippen molar-refractivity contribution in [3.05, 3.63) is 53.9 Å². The first kappa shape index (κ1) is 10.1. The van der Waals surface area contributed by atoms with E-state index < -0.39 is 0 Å². The number of nitrogens with zero attached hydrogens (tertiary/aromatic N) is 3. The van der Waals surface area contributed by atoms with E-state index in [0.717, 1.165) is 0 Å². The topological polar surface area (TPSA) is 77.7 Å². The number of nitrogens with two attached hydrogens (primary N) is 1. The minimum Gasteiger partial charge on any atom is -0.710 e. The van der Waals surface area contributed by atoms with Crippen LogP contribution < -0.4 is 10.5 Å². The van der Waals surface area contributed by atoms with Gasteiger partial charge in [0.25, 0.3) is 0 Å². The molecule has 2 N–H and O–H groups in total. The number of hydrogen-bond acceptors (Lipinski definition) is 4. The van der Waals surface area contributed by atoms with Gasteiger partial charge >= 0.3 is 5.82 Å². The lowest BCUT2D eigenvalue weighted by Gasteiger charge is -1.99. The van der Waals surface area contributed by atoms with Gasteiger partial charge in [0.2, 0.25) is 0 Å². The molecule has 1 heterocycles. The number of anilines is 1. The summed E-state index contributed by atoms with van der Waals surface area (Å²) < 4.78 is 0.654. The first-order valence-corrected chi connectivity index (χ1v) is 4.71. The van der Waals surface area contributed by atoms with Gasteiger partial charge in [-0.15, -0.1) is 0 Å². The summed E-state index contributed by atoms with van der Waals surface area (Å²) in [7, 11) is 0. The summed E-state index contributed by atoms with van der Waals surface area (Å²) in [6.45, 7) is 0. The molecule has 0 bridgehead atoms. The van der Waals surface area contributed by atoms with Gasteiger partial charge in [-0.2, -0.15) is 0 Å². The van der Waals surface area contributed by atoms with Crippen molar-refractivity contribution in [3.63, 3.8) is 0 Å². The zero-order valence-corrected chi connectivity index (χ0v) is 8.45. The number of azo groups is 1. The molecule has 0 spiro atoms. The first-order chi connectivity index (χ1) is 7.75. The normalized spacial score (nSPS) is 10.8. The van der Waals surface area contributed by atoms with Gasteiger partial charge in [-0.25, -0.2) is 4.73 Å². The number of benzene rings is 1. The number of nitrogen functional groups attached to an aromatic ring is 1. The Bertz CT molecular complexity index is 508. The Balaban J connectivity index is 2.21. The monoisotopic (exact) mass is 214 g/mol. The molecule has 5 nitrogen and oxygen atoms in total. The van der Waals surface area contributed by atoms with Crippen molar-refractivity contribution in [2.75, 3.05) is 5.73 Å². The second-order valence-corrected chi connectivity index (χ2v) is 3.18. The van der Waals surface area contributed by atoms with Crippen LogP contribution in [0.3, 0.4) is 0 Å². The second kappa shape index (κ2) is 4.39. The molecule has 1 aromatic carbocycles. The smallest absolute Gasteiger partial charge is 0.353 e. The van der Waals surface area contributed by atoms with Crippen LogP contribution >= 0.6 is 0 Å². The molecule has 2 aromatic rings. The Hall–Kier alpha value is -2.43. The van der Waals surface area contributed by atoms with Gasteiger partial charge in [-0.1, -0.05) is 6.07 Å². The molecule has 0 aliphatic heterocycles. The highest BCUT2D eigenvalue weighted by molar-refractivity contribution is 5.47. The van der Waals surface area contributed by atoms with Crippen LogP contribution in [-0.4, -0.2) is 0 Å². The van der Waals surface area contributed by atoms with E-state index in [4.69, 9.17) is 5.73 Å². The van der Waals surface area contributed by atoms with Crippen LogP contribution in [0.1, 0.15) is 0 Å². The summed E-state index contributed by atoms with van der Waals surface area (Å²) in [5.41, 5.74) is 6.85. The predicted octanol–water partition coefficient (Wildman–Crippen LogP) is 2.32. The Morgan fingerprint density at radius 2 is 1.75 bits per heavy atom. The average molecular weight is 214 g/mol. The molecule has 80 valence electrons. The van der Waals surface area contributed by atoms with Crippen molar-refractivity contribution >= 4 is 17.2 Å². The van der Waals surface area contributed by atoms with E-state index in [1.807, 2.05) is 0 Å². The third-order valence-electron chi connectivity index (χ3n) is 1.96. The summed E-state index contributed by atoms with van der Waals surface area (Å²) in [4.78, 5) is 0. The van der Waals surface area contributed by atoms with Crippen molar-refractivity contribution in [1.82, 2.24) is 0 Å². The van der Waals surface area contributed by atoms with Crippen molar-refractivity contribution in [2.45, 2.75) is 0 Å². The van der Waals surface area contributed by atoms with E-state index in [1.165, 1.54) is 6.20 Å². The maximum atomic E-state index is 11.2. The average Bonchev–Trinajstić information content (AvgIpc) is 2.30. The summed E-state index contributed by atoms with van der Waals surface area (Å²) in [6.07, 6.45) is 1.37. The third kappa shape index (κ3) is 2.33. The number of aromatic nitrogens is 1. The number of hydrogen-bond donors (Lipinski definition) is 1. The fourth-order valence-corrected chi connectivity index (χ4v) is 1.15. The van der Waals surface area contributed by atoms with Gasteiger partial charge < -0.3 is 10.9 Å². The molecule has 5 heteroatoms. The van der Waals surface area contributed by atoms with Gasteiger partial charge in [-0.05, 0) is 35.4 Å². The Labute approximate surface area is 92.5 Å². The summed E-state index contributed by atoms with van der Waals surface area (Å²) in [5.74, 6) is 0.249. The molecular formula is C11H10N4O. The van der Waals surface area contributed by atoms with Crippen LogP contribution in [0.2, 0.25) is 0 Å². The molecule has 0 saturated carbocycles. The van der Waals surface area contributed by atoms with E-state index in [-0.39, 0.29) is 5.82 Å². The molecule has 0 fully saturated rings. The van der Waals surface area contributed by atoms with E-state index >= 15 is 0 Å². The first-order valence-electron chi connectivity index (χ1n) is 4.71. The van der Waals surface area contributed by atoms with Crippen LogP contribution in [0.15, 0.2) is 58.9 Å². The van der Waals surface area contributed by atoms with E-state index in [2.05, 4.69) is 10.2 Å². The van der Waals surface area contributed by atoms with Crippen LogP contribution in [-0.2, 0) is 0 Å². The molecule has 0 atom stereocenters. The van der Waals surface area contributed by atoms with E-state index in [0.29, 0.717) is 16.1 Å². The predicted molar refractivity (Wildman–Crippen MR) is 60.4 cm³/mol. The fourth-order valence-electron chi connectivity index (χ4n) is 1.15. The summed E-state index contributed by atoms with van der Waals surface area (Å²) >= 11 is 0. The summed E-state index contributed by atoms with van der Waals surface area (Å²) in [6, 6.07) is 11.9. The van der Waals surface area contributed by atoms with E-state index in [9.17, 15) is 5.21 Å². The van der Waals surface area contributed by atoms with Crippen molar-refractivity contribution in [3.8, 4) is 0 Å². The minimum atomic E-state index is 0.249. The van der Waals surface area contributed by atoms with Gasteiger partial charge in [0, 0.05) is 11.8 Å². The molecule has 0 radical (unpaired) electrons. The molecule has 1 aromatic heterocycles. The van der Waals surface area contributed by atoms with Crippen molar-refractivity contribution in [1.29, 1.82) is 0 Å². The maximum absolute atomic E-state index is 11.2. The number of rotatable bonds is 2. The Morgan fingerprint density at radius 1 is 1.00 bits per heavy atom. The Kier molecular flexibility index (Phi) is 2.77. The van der Waals surface area contributed by atoms with Crippen LogP contribution in [0.5, 0.6) is 0 Å². The molecule has 0 unspecified atom stereocenters. The zero-order valence-electron chi connectivity index (χ0n) is 8.45. The molecule has 0 aliphatic rings.